The number of amides is 3. The van der Waals surface area contributed by atoms with Gasteiger partial charge in [0.2, 0.25) is 5.91 Å². The Hall–Kier alpha value is -4.14. The van der Waals surface area contributed by atoms with E-state index in [9.17, 15) is 14.4 Å². The van der Waals surface area contributed by atoms with Gasteiger partial charge in [-0.3, -0.25) is 14.4 Å². The Morgan fingerprint density at radius 1 is 1.03 bits per heavy atom. The zero-order valence-corrected chi connectivity index (χ0v) is 17.9. The first-order valence-corrected chi connectivity index (χ1v) is 10.2. The molecule has 0 saturated carbocycles. The van der Waals surface area contributed by atoms with Crippen molar-refractivity contribution in [2.75, 3.05) is 30.0 Å². The van der Waals surface area contributed by atoms with Gasteiger partial charge in [-0.25, -0.2) is 4.68 Å². The number of ether oxygens (including phenoxy) is 1. The van der Waals surface area contributed by atoms with Crippen molar-refractivity contribution in [3.8, 4) is 11.4 Å². The van der Waals surface area contributed by atoms with Crippen LogP contribution in [0.5, 0.6) is 5.75 Å². The quantitative estimate of drug-likeness (QED) is 0.618. The van der Waals surface area contributed by atoms with Crippen molar-refractivity contribution in [3.05, 3.63) is 65.4 Å². The van der Waals surface area contributed by atoms with E-state index < -0.39 is 89.5 Å². The molecule has 0 atom stereocenters. The molecule has 0 spiro atoms. The number of benzene rings is 2. The van der Waals surface area contributed by atoms with Crippen molar-refractivity contribution in [2.24, 2.45) is 5.73 Å². The number of rotatable bonds is 5. The molecule has 3 amide bonds. The van der Waals surface area contributed by atoms with Gasteiger partial charge in [0.1, 0.15) is 11.4 Å². The molecule has 0 unspecified atom stereocenters. The van der Waals surface area contributed by atoms with Gasteiger partial charge < -0.3 is 20.3 Å². The van der Waals surface area contributed by atoms with E-state index in [0.29, 0.717) is 16.0 Å². The van der Waals surface area contributed by atoms with Crippen LogP contribution in [0.4, 0.5) is 11.4 Å². The minimum absolute atomic E-state index is 0.0545. The van der Waals surface area contributed by atoms with Gasteiger partial charge in [-0.1, -0.05) is 0 Å². The third-order valence-corrected chi connectivity index (χ3v) is 5.32. The zero-order chi connectivity index (χ0) is 32.7. The maximum absolute atomic E-state index is 14.1. The van der Waals surface area contributed by atoms with Gasteiger partial charge in [0.25, 0.3) is 11.8 Å². The highest BCUT2D eigenvalue weighted by Crippen LogP contribution is 2.31. The summed E-state index contributed by atoms with van der Waals surface area (Å²) in [4.78, 5) is 40.9. The maximum atomic E-state index is 14.1. The van der Waals surface area contributed by atoms with Crippen LogP contribution in [-0.4, -0.2) is 47.7 Å². The molecule has 0 aliphatic carbocycles. The van der Waals surface area contributed by atoms with Gasteiger partial charge >= 0.3 is 0 Å². The zero-order valence-electron chi connectivity index (χ0n) is 27.9. The Morgan fingerprint density at radius 2 is 1.71 bits per heavy atom. The second-order valence-electron chi connectivity index (χ2n) is 7.36. The topological polar surface area (TPSA) is 111 Å². The average Bonchev–Trinajstić information content (AvgIpc) is 3.35. The summed E-state index contributed by atoms with van der Waals surface area (Å²) in [6.45, 7) is -2.95. The summed E-state index contributed by atoms with van der Waals surface area (Å²) < 4.78 is 89.8. The molecule has 3 aromatic rings. The van der Waals surface area contributed by atoms with Gasteiger partial charge in [-0.2, -0.15) is 5.10 Å². The van der Waals surface area contributed by atoms with Crippen LogP contribution in [0.3, 0.4) is 0 Å². The van der Waals surface area contributed by atoms with E-state index in [0.717, 1.165) is 7.11 Å². The Labute approximate surface area is 210 Å². The number of primary amides is 1. The highest BCUT2D eigenvalue weighted by atomic mass is 16.5. The fourth-order valence-corrected chi connectivity index (χ4v) is 3.68. The number of fused-ring (bicyclic) bond motifs is 1. The van der Waals surface area contributed by atoms with E-state index in [1.807, 2.05) is 0 Å². The predicted octanol–water partition coefficient (Wildman–Crippen LogP) is 2.70. The monoisotopic (exact) mass is 469 g/mol. The molecule has 34 heavy (non-hydrogen) atoms. The highest BCUT2D eigenvalue weighted by Gasteiger charge is 2.34. The summed E-state index contributed by atoms with van der Waals surface area (Å²) in [5.41, 5.74) is 2.46. The second kappa shape index (κ2) is 8.66. The Balaban J connectivity index is 1.72. The van der Waals surface area contributed by atoms with Gasteiger partial charge in [-0.15, -0.1) is 0 Å². The van der Waals surface area contributed by atoms with Crippen LogP contribution >= 0.6 is 0 Å². The third-order valence-electron chi connectivity index (χ3n) is 5.32. The second-order valence-corrected chi connectivity index (χ2v) is 7.36. The Kier molecular flexibility index (Phi) is 3.29. The van der Waals surface area contributed by atoms with Crippen molar-refractivity contribution < 1.29 is 32.8 Å². The lowest BCUT2D eigenvalue weighted by atomic mass is 10.0. The van der Waals surface area contributed by atoms with Gasteiger partial charge in [-0.05, 0) is 67.6 Å². The molecule has 9 heteroatoms. The number of nitrogens with zero attached hydrogens (tertiary/aromatic N) is 4. The molecular weight excluding hydrogens is 434 g/mol. The molecule has 0 radical (unpaired) electrons. The SMILES string of the molecule is [2H]c1c([2H])c(-n2nc(C(N)=O)c3c2C(=O)N(c2ccc(N4CCCC([2H])([2H])C4=O)cc2)C([2H])([2H])C3([2H])[2H])c([2H])c([2H])c1OC. The fraction of sp³-hybridized carbons (Fsp3) is 0.280. The van der Waals surface area contributed by atoms with Crippen molar-refractivity contribution in [2.45, 2.75) is 25.6 Å². The molecule has 1 aromatic heterocycles. The van der Waals surface area contributed by atoms with Crippen molar-refractivity contribution in [1.29, 1.82) is 0 Å². The van der Waals surface area contributed by atoms with Gasteiger partial charge in [0.15, 0.2) is 5.69 Å². The molecule has 2 aliphatic rings. The lowest BCUT2D eigenvalue weighted by molar-refractivity contribution is -0.119. The molecule has 3 heterocycles. The Bertz CT molecular complexity index is 1710. The van der Waals surface area contributed by atoms with Gasteiger partial charge in [0, 0.05) is 41.8 Å². The minimum Gasteiger partial charge on any atom is -0.497 e. The molecule has 2 N–H and O–H groups in total. The van der Waals surface area contributed by atoms with Crippen molar-refractivity contribution >= 4 is 29.1 Å². The normalized spacial score (nSPS) is 24.6. The van der Waals surface area contributed by atoms with E-state index in [-0.39, 0.29) is 24.3 Å². The number of carbonyl (C=O) groups is 3. The highest BCUT2D eigenvalue weighted by molar-refractivity contribution is 6.09. The van der Waals surface area contributed by atoms with Crippen LogP contribution in [0.2, 0.25) is 0 Å². The number of methoxy groups -OCH3 is 1. The largest absolute Gasteiger partial charge is 0.497 e. The number of hydrogen-bond acceptors (Lipinski definition) is 5. The molecule has 1 saturated heterocycles. The van der Waals surface area contributed by atoms with E-state index in [1.165, 1.54) is 29.2 Å². The first-order chi connectivity index (χ1) is 20.4. The number of nitrogens with two attached hydrogens (primary N) is 1. The van der Waals surface area contributed by atoms with Crippen LogP contribution in [0, 0.1) is 0 Å². The summed E-state index contributed by atoms with van der Waals surface area (Å²) in [6, 6.07) is 2.38. The molecular formula is C25H25N5O4. The molecule has 1 fully saturated rings. The smallest absolute Gasteiger partial charge is 0.277 e. The van der Waals surface area contributed by atoms with Crippen LogP contribution in [0.15, 0.2) is 48.4 Å². The molecule has 2 aromatic carbocycles. The van der Waals surface area contributed by atoms with Crippen molar-refractivity contribution in [1.82, 2.24) is 9.78 Å². The predicted molar refractivity (Wildman–Crippen MR) is 127 cm³/mol. The maximum Gasteiger partial charge on any atom is 0.277 e. The summed E-state index contributed by atoms with van der Waals surface area (Å²) in [5.74, 6) is -3.75. The standard InChI is InChI=1S/C25H25N5O4/c1-34-19-11-9-18(10-12-19)30-23-20(22(27-30)24(26)32)13-15-29(25(23)33)17-7-5-16(6-8-17)28-14-3-2-4-21(28)31/h5-12H,2-4,13-15H2,1H3,(H2,26,32)/i4D2,9D,10D,11D,12D,13D2,15D2. The number of carbonyl (C=O) groups excluding carboxylic acids is 3. The summed E-state index contributed by atoms with van der Waals surface area (Å²) in [6.07, 6.45) is -4.79. The lowest BCUT2D eigenvalue weighted by Crippen LogP contribution is -2.39. The summed E-state index contributed by atoms with van der Waals surface area (Å²) in [7, 11) is 1.13. The van der Waals surface area contributed by atoms with Crippen LogP contribution in [0.25, 0.3) is 5.69 Å². The molecule has 174 valence electrons. The van der Waals surface area contributed by atoms with E-state index in [4.69, 9.17) is 24.2 Å². The first kappa shape index (κ1) is 12.9. The van der Waals surface area contributed by atoms with Crippen molar-refractivity contribution in [3.63, 3.8) is 0 Å². The van der Waals surface area contributed by atoms with Gasteiger partial charge in [0.05, 0.1) is 21.0 Å². The molecule has 5 rings (SSSR count). The van der Waals surface area contributed by atoms with E-state index >= 15 is 0 Å². The summed E-state index contributed by atoms with van der Waals surface area (Å²) >= 11 is 0. The lowest BCUT2D eigenvalue weighted by Gasteiger charge is -2.29. The number of anilines is 2. The summed E-state index contributed by atoms with van der Waals surface area (Å²) in [5, 5.41) is 3.92. The fourth-order valence-electron chi connectivity index (χ4n) is 3.68. The number of hydrogen-bond donors (Lipinski definition) is 1. The minimum atomic E-state index is -3.18. The molecule has 0 bridgehead atoms. The number of aromatic nitrogens is 2. The molecule has 9 nitrogen and oxygen atoms in total. The third kappa shape index (κ3) is 3.68. The first-order valence-electron chi connectivity index (χ1n) is 15.2. The van der Waals surface area contributed by atoms with E-state index in [1.54, 1.807) is 0 Å². The van der Waals surface area contributed by atoms with Crippen LogP contribution in [0.1, 0.15) is 59.5 Å². The Morgan fingerprint density at radius 3 is 2.35 bits per heavy atom. The van der Waals surface area contributed by atoms with Crippen LogP contribution in [-0.2, 0) is 11.2 Å². The average molecular weight is 470 g/mol. The van der Waals surface area contributed by atoms with E-state index in [2.05, 4.69) is 5.10 Å². The number of piperidine rings is 1. The molecule has 2 aliphatic heterocycles. The van der Waals surface area contributed by atoms with Crippen LogP contribution < -0.4 is 20.3 Å².